The molecule has 0 aromatic heterocycles. The maximum Gasteiger partial charge on any atom is 0.490 e. The van der Waals surface area contributed by atoms with Gasteiger partial charge in [-0.2, -0.15) is 26.3 Å². The van der Waals surface area contributed by atoms with Gasteiger partial charge in [0.25, 0.3) is 0 Å². The number of alkyl halides is 5. The van der Waals surface area contributed by atoms with E-state index in [2.05, 4.69) is 4.74 Å². The lowest BCUT2D eigenvalue weighted by molar-refractivity contribution is -0.192. The number of sulfonamides is 1. The number of piperidine rings is 1. The van der Waals surface area contributed by atoms with Crippen LogP contribution < -0.4 is 10.5 Å². The molecule has 7 nitrogen and oxygen atoms in total. The van der Waals surface area contributed by atoms with Crippen LogP contribution in [0.15, 0.2) is 29.2 Å². The van der Waals surface area contributed by atoms with Gasteiger partial charge in [-0.1, -0.05) is 0 Å². The molecule has 1 aromatic rings. The van der Waals surface area contributed by atoms with Crippen molar-refractivity contribution in [1.82, 2.24) is 4.31 Å². The standard InChI is InChI=1S/C14H18F2N2O3S.C2HF3O2/c15-14(16)21-12-3-5-13(6-4-12)22(19,20)18-10-1-2-11(18)8-9(17)7-10;3-2(4,5)1(6)7/h3-6,9-11,14H,1-2,7-8,17H2;(H,6,7)/t9?,10-,11+;. The molecular weight excluding hydrogens is 427 g/mol. The lowest BCUT2D eigenvalue weighted by atomic mass is 10.0. The van der Waals surface area contributed by atoms with Crippen LogP contribution in [0.5, 0.6) is 5.75 Å². The predicted molar refractivity (Wildman–Crippen MR) is 89.8 cm³/mol. The Hall–Kier alpha value is -1.99. The molecule has 2 heterocycles. The predicted octanol–water partition coefficient (Wildman–Crippen LogP) is 2.56. The van der Waals surface area contributed by atoms with Crippen LogP contribution in [0.25, 0.3) is 0 Å². The summed E-state index contributed by atoms with van der Waals surface area (Å²) in [6.45, 7) is -2.93. The summed E-state index contributed by atoms with van der Waals surface area (Å²) < 4.78 is 87.4. The van der Waals surface area contributed by atoms with Crippen molar-refractivity contribution in [1.29, 1.82) is 0 Å². The van der Waals surface area contributed by atoms with Gasteiger partial charge in [-0.15, -0.1) is 0 Å². The molecule has 2 saturated heterocycles. The van der Waals surface area contributed by atoms with Gasteiger partial charge in [0.1, 0.15) is 5.75 Å². The average Bonchev–Trinajstić information content (AvgIpc) is 2.87. The van der Waals surface area contributed by atoms with Crippen LogP contribution in [-0.2, 0) is 14.8 Å². The third-order valence-corrected chi connectivity index (χ3v) is 6.59. The highest BCUT2D eigenvalue weighted by atomic mass is 32.2. The van der Waals surface area contributed by atoms with E-state index in [4.69, 9.17) is 15.6 Å². The van der Waals surface area contributed by atoms with Gasteiger partial charge >= 0.3 is 18.8 Å². The Bertz CT molecular complexity index is 802. The third-order valence-electron chi connectivity index (χ3n) is 4.57. The fourth-order valence-corrected chi connectivity index (χ4v) is 5.37. The molecule has 0 aliphatic carbocycles. The number of carboxylic acid groups (broad SMARTS) is 1. The summed E-state index contributed by atoms with van der Waals surface area (Å²) in [5.41, 5.74) is 5.96. The maximum absolute atomic E-state index is 12.8. The number of nitrogens with two attached hydrogens (primary N) is 1. The van der Waals surface area contributed by atoms with Gasteiger partial charge in [-0.3, -0.25) is 0 Å². The number of benzene rings is 1. The number of hydrogen-bond donors (Lipinski definition) is 2. The van der Waals surface area contributed by atoms with Gasteiger partial charge in [0.05, 0.1) is 4.90 Å². The monoisotopic (exact) mass is 446 g/mol. The molecule has 0 radical (unpaired) electrons. The van der Waals surface area contributed by atoms with Crippen molar-refractivity contribution in [2.24, 2.45) is 5.73 Å². The average molecular weight is 446 g/mol. The summed E-state index contributed by atoms with van der Waals surface area (Å²) >= 11 is 0. The molecule has 0 saturated carbocycles. The van der Waals surface area contributed by atoms with E-state index in [0.717, 1.165) is 12.8 Å². The minimum Gasteiger partial charge on any atom is -0.475 e. The summed E-state index contributed by atoms with van der Waals surface area (Å²) in [4.78, 5) is 8.99. The Balaban J connectivity index is 0.000000370. The van der Waals surface area contributed by atoms with Gasteiger partial charge < -0.3 is 15.6 Å². The van der Waals surface area contributed by atoms with Crippen LogP contribution in [0.3, 0.4) is 0 Å². The Labute approximate surface area is 163 Å². The Kier molecular flexibility index (Phi) is 7.06. The van der Waals surface area contributed by atoms with E-state index in [1.807, 2.05) is 0 Å². The molecule has 3 atom stereocenters. The van der Waals surface area contributed by atoms with Crippen LogP contribution in [-0.4, -0.2) is 54.7 Å². The van der Waals surface area contributed by atoms with Gasteiger partial charge in [0, 0.05) is 18.1 Å². The van der Waals surface area contributed by atoms with E-state index in [1.165, 1.54) is 24.3 Å². The zero-order valence-corrected chi connectivity index (χ0v) is 15.7. The van der Waals surface area contributed by atoms with E-state index in [1.54, 1.807) is 4.31 Å². The fourth-order valence-electron chi connectivity index (χ4n) is 3.48. The molecule has 2 fully saturated rings. The lowest BCUT2D eigenvalue weighted by Gasteiger charge is -2.36. The largest absolute Gasteiger partial charge is 0.490 e. The van der Waals surface area contributed by atoms with E-state index in [0.29, 0.717) is 12.8 Å². The van der Waals surface area contributed by atoms with Crippen molar-refractivity contribution in [3.63, 3.8) is 0 Å². The van der Waals surface area contributed by atoms with Crippen LogP contribution >= 0.6 is 0 Å². The second-order valence-corrected chi connectivity index (χ2v) is 8.45. The van der Waals surface area contributed by atoms with Crippen LogP contribution in [0.1, 0.15) is 25.7 Å². The van der Waals surface area contributed by atoms with E-state index in [9.17, 15) is 30.4 Å². The Morgan fingerprint density at radius 3 is 1.97 bits per heavy atom. The van der Waals surface area contributed by atoms with Gasteiger partial charge in [0.15, 0.2) is 0 Å². The second kappa shape index (κ2) is 8.79. The number of rotatable bonds is 4. The van der Waals surface area contributed by atoms with Gasteiger partial charge in [0.2, 0.25) is 10.0 Å². The molecule has 29 heavy (non-hydrogen) atoms. The van der Waals surface area contributed by atoms with E-state index >= 15 is 0 Å². The van der Waals surface area contributed by atoms with Gasteiger partial charge in [-0.05, 0) is 49.9 Å². The number of fused-ring (bicyclic) bond motifs is 2. The van der Waals surface area contributed by atoms with Crippen LogP contribution in [0.4, 0.5) is 22.0 Å². The third kappa shape index (κ3) is 5.76. The van der Waals surface area contributed by atoms with Crippen molar-refractivity contribution in [3.8, 4) is 5.75 Å². The molecule has 13 heteroatoms. The molecule has 1 aromatic carbocycles. The number of carboxylic acids is 1. The van der Waals surface area contributed by atoms with Crippen molar-refractivity contribution in [3.05, 3.63) is 24.3 Å². The van der Waals surface area contributed by atoms with Crippen molar-refractivity contribution < 1.29 is 45.0 Å². The highest BCUT2D eigenvalue weighted by molar-refractivity contribution is 7.89. The Morgan fingerprint density at radius 2 is 1.59 bits per heavy atom. The minimum atomic E-state index is -5.08. The van der Waals surface area contributed by atoms with Crippen molar-refractivity contribution >= 4 is 16.0 Å². The molecule has 1 unspecified atom stereocenters. The molecule has 2 aliphatic heterocycles. The van der Waals surface area contributed by atoms with Crippen molar-refractivity contribution in [2.75, 3.05) is 0 Å². The molecule has 2 aliphatic rings. The molecule has 0 amide bonds. The quantitative estimate of drug-likeness (QED) is 0.688. The number of ether oxygens (including phenoxy) is 1. The van der Waals surface area contributed by atoms with Crippen LogP contribution in [0.2, 0.25) is 0 Å². The maximum atomic E-state index is 12.8. The zero-order chi connectivity index (χ0) is 22.0. The summed E-state index contributed by atoms with van der Waals surface area (Å²) in [5.74, 6) is -2.81. The first-order valence-corrected chi connectivity index (χ1v) is 9.90. The van der Waals surface area contributed by atoms with Gasteiger partial charge in [-0.25, -0.2) is 13.2 Å². The molecule has 3 rings (SSSR count). The first-order valence-electron chi connectivity index (χ1n) is 8.46. The zero-order valence-electron chi connectivity index (χ0n) is 14.9. The van der Waals surface area contributed by atoms with E-state index in [-0.39, 0.29) is 28.8 Å². The topological polar surface area (TPSA) is 110 Å². The Morgan fingerprint density at radius 1 is 1.14 bits per heavy atom. The highest BCUT2D eigenvalue weighted by Crippen LogP contribution is 2.39. The number of nitrogens with zero attached hydrogens (tertiary/aromatic N) is 1. The molecule has 3 N–H and O–H groups in total. The summed E-state index contributed by atoms with van der Waals surface area (Å²) in [6.07, 6.45) is -2.10. The van der Waals surface area contributed by atoms with Crippen molar-refractivity contribution in [2.45, 2.75) is 61.5 Å². The summed E-state index contributed by atoms with van der Waals surface area (Å²) in [6, 6.07) is 5.03. The number of hydrogen-bond acceptors (Lipinski definition) is 5. The highest BCUT2D eigenvalue weighted by Gasteiger charge is 2.46. The minimum absolute atomic E-state index is 0.0470. The SMILES string of the molecule is NC1C[C@H]2CC[C@@H](C1)N2S(=O)(=O)c1ccc(OC(F)F)cc1.O=C(O)C(F)(F)F. The van der Waals surface area contributed by atoms with E-state index < -0.39 is 28.8 Å². The molecule has 2 bridgehead atoms. The lowest BCUT2D eigenvalue weighted by Crippen LogP contribution is -2.49. The van der Waals surface area contributed by atoms with Crippen LogP contribution in [0, 0.1) is 0 Å². The molecular formula is C16H19F5N2O5S. The smallest absolute Gasteiger partial charge is 0.475 e. The summed E-state index contributed by atoms with van der Waals surface area (Å²) in [5, 5.41) is 7.12. The fraction of sp³-hybridized carbons (Fsp3) is 0.562. The number of carbonyl (C=O) groups is 1. The number of halogens is 5. The summed E-state index contributed by atoms with van der Waals surface area (Å²) in [7, 11) is -3.63. The number of aliphatic carboxylic acids is 1. The normalized spacial score (nSPS) is 24.7. The molecule has 0 spiro atoms. The first kappa shape index (κ1) is 23.3. The first-order chi connectivity index (χ1) is 13.3. The second-order valence-electron chi connectivity index (χ2n) is 6.60. The molecule has 164 valence electrons.